The first-order chi connectivity index (χ1) is 10.6. The van der Waals surface area contributed by atoms with Gasteiger partial charge in [0.25, 0.3) is 0 Å². The molecule has 0 spiro atoms. The highest BCUT2D eigenvalue weighted by Gasteiger charge is 2.28. The van der Waals surface area contributed by atoms with Gasteiger partial charge in [0.15, 0.2) is 0 Å². The van der Waals surface area contributed by atoms with E-state index in [0.29, 0.717) is 17.7 Å². The van der Waals surface area contributed by atoms with Gasteiger partial charge in [0, 0.05) is 4.88 Å². The quantitative estimate of drug-likeness (QED) is 0.786. The second-order valence-electron chi connectivity index (χ2n) is 5.73. The Labute approximate surface area is 137 Å². The molecule has 1 aliphatic carbocycles. The van der Waals surface area contributed by atoms with Crippen molar-refractivity contribution in [1.82, 2.24) is 25.5 Å². The lowest BCUT2D eigenvalue weighted by atomic mass is 10.0. The molecule has 1 unspecified atom stereocenters. The van der Waals surface area contributed by atoms with Gasteiger partial charge in [-0.3, -0.25) is 4.79 Å². The van der Waals surface area contributed by atoms with E-state index in [-0.39, 0.29) is 11.9 Å². The molecule has 3 rings (SSSR count). The first-order valence-corrected chi connectivity index (χ1v) is 9.25. The second kappa shape index (κ2) is 6.78. The molecule has 6 nitrogen and oxygen atoms in total. The van der Waals surface area contributed by atoms with E-state index in [2.05, 4.69) is 40.8 Å². The molecule has 0 aromatic carbocycles. The van der Waals surface area contributed by atoms with E-state index >= 15 is 0 Å². The van der Waals surface area contributed by atoms with E-state index in [9.17, 15) is 4.79 Å². The van der Waals surface area contributed by atoms with Crippen molar-refractivity contribution in [2.24, 2.45) is 5.92 Å². The van der Waals surface area contributed by atoms with Crippen LogP contribution in [0.15, 0.2) is 22.7 Å². The number of thiophene rings is 1. The monoisotopic (exact) mass is 337 g/mol. The molecule has 0 saturated heterocycles. The van der Waals surface area contributed by atoms with E-state index in [1.165, 1.54) is 16.6 Å². The molecule has 1 saturated carbocycles. The Balaban J connectivity index is 1.56. The molecule has 1 aliphatic rings. The Hall–Kier alpha value is -1.41. The molecule has 118 valence electrons. The summed E-state index contributed by atoms with van der Waals surface area (Å²) in [5.74, 6) is 0.702. The first kappa shape index (κ1) is 15.5. The van der Waals surface area contributed by atoms with E-state index in [4.69, 9.17) is 0 Å². The lowest BCUT2D eigenvalue weighted by Gasteiger charge is -2.21. The van der Waals surface area contributed by atoms with Gasteiger partial charge >= 0.3 is 0 Å². The van der Waals surface area contributed by atoms with Crippen molar-refractivity contribution in [3.8, 4) is 0 Å². The van der Waals surface area contributed by atoms with Gasteiger partial charge < -0.3 is 5.32 Å². The van der Waals surface area contributed by atoms with Crippen molar-refractivity contribution in [2.45, 2.75) is 43.9 Å². The molecule has 22 heavy (non-hydrogen) atoms. The van der Waals surface area contributed by atoms with E-state index in [1.807, 2.05) is 16.1 Å². The number of hydrogen-bond acceptors (Lipinski definition) is 6. The fraction of sp³-hybridized carbons (Fsp3) is 0.571. The van der Waals surface area contributed by atoms with Gasteiger partial charge in [-0.05, 0) is 40.6 Å². The van der Waals surface area contributed by atoms with Crippen LogP contribution in [0.4, 0.5) is 0 Å². The lowest BCUT2D eigenvalue weighted by Crippen LogP contribution is -2.32. The van der Waals surface area contributed by atoms with Crippen LogP contribution in [0.3, 0.4) is 0 Å². The van der Waals surface area contributed by atoms with E-state index in [0.717, 1.165) is 18.0 Å². The molecule has 1 fully saturated rings. The average Bonchev–Trinajstić information content (AvgIpc) is 3.02. The maximum atomic E-state index is 12.2. The van der Waals surface area contributed by atoms with Crippen LogP contribution in [0.1, 0.15) is 43.6 Å². The molecular formula is C14H19N5OS2. The Morgan fingerprint density at radius 2 is 2.36 bits per heavy atom. The molecule has 1 atom stereocenters. The molecular weight excluding hydrogens is 318 g/mol. The predicted octanol–water partition coefficient (Wildman–Crippen LogP) is 2.68. The Bertz CT molecular complexity index is 621. The van der Waals surface area contributed by atoms with Gasteiger partial charge in [0.05, 0.1) is 17.8 Å². The number of carbonyl (C=O) groups excluding carboxylic acids is 1. The third-order valence-corrected chi connectivity index (χ3v) is 5.41. The summed E-state index contributed by atoms with van der Waals surface area (Å²) < 4.78 is 1.83. The lowest BCUT2D eigenvalue weighted by molar-refractivity contribution is -0.119. The SMILES string of the molecule is CC(C)C(NC(=O)CSc1nnnn1C1CC1)c1cccs1. The fourth-order valence-electron chi connectivity index (χ4n) is 2.21. The molecule has 1 N–H and O–H groups in total. The van der Waals surface area contributed by atoms with Gasteiger partial charge in [-0.15, -0.1) is 16.4 Å². The highest BCUT2D eigenvalue weighted by Crippen LogP contribution is 2.36. The van der Waals surface area contributed by atoms with Gasteiger partial charge in [-0.1, -0.05) is 31.7 Å². The summed E-state index contributed by atoms with van der Waals surface area (Å²) in [6.45, 7) is 4.23. The minimum atomic E-state index is 0.0162. The smallest absolute Gasteiger partial charge is 0.230 e. The van der Waals surface area contributed by atoms with Crippen molar-refractivity contribution in [2.75, 3.05) is 5.75 Å². The zero-order valence-corrected chi connectivity index (χ0v) is 14.2. The summed E-state index contributed by atoms with van der Waals surface area (Å²) in [4.78, 5) is 13.4. The molecule has 0 radical (unpaired) electrons. The molecule has 0 bridgehead atoms. The van der Waals surface area contributed by atoms with Crippen LogP contribution in [-0.2, 0) is 4.79 Å². The largest absolute Gasteiger partial charge is 0.347 e. The van der Waals surface area contributed by atoms with Crippen molar-refractivity contribution in [1.29, 1.82) is 0 Å². The molecule has 1 amide bonds. The van der Waals surface area contributed by atoms with E-state index < -0.39 is 0 Å². The number of nitrogens with one attached hydrogen (secondary N) is 1. The third-order valence-electron chi connectivity index (χ3n) is 3.52. The van der Waals surface area contributed by atoms with Crippen LogP contribution < -0.4 is 5.32 Å². The third kappa shape index (κ3) is 3.67. The highest BCUT2D eigenvalue weighted by molar-refractivity contribution is 7.99. The Kier molecular flexibility index (Phi) is 4.77. The molecule has 0 aliphatic heterocycles. The van der Waals surface area contributed by atoms with Crippen LogP contribution >= 0.6 is 23.1 Å². The fourth-order valence-corrected chi connectivity index (χ4v) is 3.91. The van der Waals surface area contributed by atoms with Crippen molar-refractivity contribution in [3.63, 3.8) is 0 Å². The topological polar surface area (TPSA) is 72.7 Å². The molecule has 8 heteroatoms. The number of aromatic nitrogens is 4. The number of tetrazole rings is 1. The van der Waals surface area contributed by atoms with Crippen LogP contribution in [0.2, 0.25) is 0 Å². The summed E-state index contributed by atoms with van der Waals surface area (Å²) in [7, 11) is 0. The zero-order valence-electron chi connectivity index (χ0n) is 12.6. The standard InChI is InChI=1S/C14H19N5OS2/c1-9(2)13(11-4-3-7-21-11)15-12(20)8-22-14-16-17-18-19(14)10-5-6-10/h3-4,7,9-10,13H,5-6,8H2,1-2H3,(H,15,20). The van der Waals surface area contributed by atoms with Crippen LogP contribution in [-0.4, -0.2) is 31.9 Å². The van der Waals surface area contributed by atoms with Gasteiger partial charge in [-0.2, -0.15) is 0 Å². The number of thioether (sulfide) groups is 1. The van der Waals surface area contributed by atoms with E-state index in [1.54, 1.807) is 11.3 Å². The van der Waals surface area contributed by atoms with Gasteiger partial charge in [-0.25, -0.2) is 4.68 Å². The Morgan fingerprint density at radius 1 is 1.55 bits per heavy atom. The summed E-state index contributed by atoms with van der Waals surface area (Å²) in [6, 6.07) is 4.57. The number of amides is 1. The number of hydrogen-bond donors (Lipinski definition) is 1. The second-order valence-corrected chi connectivity index (χ2v) is 7.65. The van der Waals surface area contributed by atoms with Gasteiger partial charge in [0.1, 0.15) is 0 Å². The Morgan fingerprint density at radius 3 is 3.00 bits per heavy atom. The molecule has 2 aromatic heterocycles. The maximum absolute atomic E-state index is 12.2. The molecule has 2 aromatic rings. The number of rotatable bonds is 7. The van der Waals surface area contributed by atoms with Crippen molar-refractivity contribution in [3.05, 3.63) is 22.4 Å². The minimum absolute atomic E-state index is 0.0162. The average molecular weight is 337 g/mol. The number of carbonyl (C=O) groups is 1. The summed E-state index contributed by atoms with van der Waals surface area (Å²) in [5.41, 5.74) is 0. The van der Waals surface area contributed by atoms with Gasteiger partial charge in [0.2, 0.25) is 11.1 Å². The van der Waals surface area contributed by atoms with Crippen LogP contribution in [0, 0.1) is 5.92 Å². The zero-order chi connectivity index (χ0) is 15.5. The van der Waals surface area contributed by atoms with Crippen molar-refractivity contribution >= 4 is 29.0 Å². The summed E-state index contributed by atoms with van der Waals surface area (Å²) in [6.07, 6.45) is 2.25. The van der Waals surface area contributed by atoms with Crippen molar-refractivity contribution < 1.29 is 4.79 Å². The highest BCUT2D eigenvalue weighted by atomic mass is 32.2. The summed E-state index contributed by atoms with van der Waals surface area (Å²) in [5, 5.41) is 17.6. The predicted molar refractivity (Wildman–Crippen MR) is 86.9 cm³/mol. The first-order valence-electron chi connectivity index (χ1n) is 7.38. The molecule has 2 heterocycles. The van der Waals surface area contributed by atoms with Crippen LogP contribution in [0.5, 0.6) is 0 Å². The number of nitrogens with zero attached hydrogens (tertiary/aromatic N) is 4. The summed E-state index contributed by atoms with van der Waals surface area (Å²) >= 11 is 3.07. The maximum Gasteiger partial charge on any atom is 0.230 e. The van der Waals surface area contributed by atoms with Crippen LogP contribution in [0.25, 0.3) is 0 Å². The normalized spacial score (nSPS) is 16.0. The minimum Gasteiger partial charge on any atom is -0.347 e.